The Hall–Kier alpha value is -1.65. The molecule has 0 aliphatic heterocycles. The molecule has 0 bridgehead atoms. The molecule has 18 heavy (non-hydrogen) atoms. The number of carboxylic acid groups (broad SMARTS) is 1. The summed E-state index contributed by atoms with van der Waals surface area (Å²) in [4.78, 5) is 21.6. The third kappa shape index (κ3) is 2.78. The van der Waals surface area contributed by atoms with Crippen LogP contribution in [0.15, 0.2) is 12.4 Å². The van der Waals surface area contributed by atoms with E-state index in [0.717, 1.165) is 37.2 Å². The lowest BCUT2D eigenvalue weighted by atomic mass is 9.85. The van der Waals surface area contributed by atoms with Crippen LogP contribution in [-0.4, -0.2) is 34.1 Å². The monoisotopic (exact) mass is 249 g/mol. The van der Waals surface area contributed by atoms with Crippen molar-refractivity contribution in [2.75, 3.05) is 11.9 Å². The summed E-state index contributed by atoms with van der Waals surface area (Å²) in [5.74, 6) is -0.115. The van der Waals surface area contributed by atoms with Crippen LogP contribution in [0.2, 0.25) is 0 Å². The van der Waals surface area contributed by atoms with Gasteiger partial charge in [0.05, 0.1) is 5.92 Å². The van der Waals surface area contributed by atoms with E-state index < -0.39 is 5.97 Å². The summed E-state index contributed by atoms with van der Waals surface area (Å²) in [5.41, 5.74) is 1.04. The maximum atomic E-state index is 10.9. The Kier molecular flexibility index (Phi) is 3.79. The van der Waals surface area contributed by atoms with Crippen LogP contribution in [0.1, 0.15) is 31.2 Å². The normalized spacial score (nSPS) is 23.7. The van der Waals surface area contributed by atoms with Crippen molar-refractivity contribution < 1.29 is 9.90 Å². The molecule has 0 aromatic carbocycles. The van der Waals surface area contributed by atoms with Gasteiger partial charge in [0, 0.05) is 25.5 Å². The molecule has 0 saturated heterocycles. The fourth-order valence-electron chi connectivity index (χ4n) is 2.44. The zero-order chi connectivity index (χ0) is 13.1. The van der Waals surface area contributed by atoms with Crippen LogP contribution < -0.4 is 4.90 Å². The van der Waals surface area contributed by atoms with Gasteiger partial charge in [0.15, 0.2) is 0 Å². The molecule has 1 aliphatic carbocycles. The number of aryl methyl sites for hydroxylation is 1. The predicted molar refractivity (Wildman–Crippen MR) is 68.6 cm³/mol. The van der Waals surface area contributed by atoms with Crippen molar-refractivity contribution in [2.24, 2.45) is 5.92 Å². The molecule has 0 unspecified atom stereocenters. The molecule has 0 spiro atoms. The SMILES string of the molecule is Cc1cnc(N(C)C2CCC(C(=O)O)CC2)nc1. The van der Waals surface area contributed by atoms with Crippen LogP contribution in [0, 0.1) is 12.8 Å². The summed E-state index contributed by atoms with van der Waals surface area (Å²) in [6, 6.07) is 0.350. The van der Waals surface area contributed by atoms with Crippen molar-refractivity contribution in [3.05, 3.63) is 18.0 Å². The zero-order valence-electron chi connectivity index (χ0n) is 10.8. The smallest absolute Gasteiger partial charge is 0.306 e. The van der Waals surface area contributed by atoms with E-state index in [-0.39, 0.29) is 5.92 Å². The first-order valence-corrected chi connectivity index (χ1v) is 6.32. The fraction of sp³-hybridized carbons (Fsp3) is 0.615. The summed E-state index contributed by atoms with van der Waals surface area (Å²) in [5, 5.41) is 8.97. The summed E-state index contributed by atoms with van der Waals surface area (Å²) >= 11 is 0. The first-order chi connectivity index (χ1) is 8.58. The molecule has 0 atom stereocenters. The molecule has 1 aliphatic rings. The Labute approximate surface area is 107 Å². The van der Waals surface area contributed by atoms with Gasteiger partial charge in [-0.1, -0.05) is 0 Å². The molecule has 0 radical (unpaired) electrons. The molecular weight excluding hydrogens is 230 g/mol. The average molecular weight is 249 g/mol. The number of rotatable bonds is 3. The third-order valence-corrected chi connectivity index (χ3v) is 3.68. The molecular formula is C13H19N3O2. The van der Waals surface area contributed by atoms with Gasteiger partial charge < -0.3 is 10.0 Å². The second kappa shape index (κ2) is 5.33. The minimum absolute atomic E-state index is 0.173. The lowest BCUT2D eigenvalue weighted by molar-refractivity contribution is -0.142. The maximum absolute atomic E-state index is 10.9. The lowest BCUT2D eigenvalue weighted by Gasteiger charge is -2.33. The second-order valence-corrected chi connectivity index (χ2v) is 5.02. The number of hydrogen-bond donors (Lipinski definition) is 1. The third-order valence-electron chi connectivity index (χ3n) is 3.68. The molecule has 98 valence electrons. The zero-order valence-corrected chi connectivity index (χ0v) is 10.8. The topological polar surface area (TPSA) is 66.3 Å². The molecule has 5 nitrogen and oxygen atoms in total. The van der Waals surface area contributed by atoms with Gasteiger partial charge in [-0.3, -0.25) is 4.79 Å². The largest absolute Gasteiger partial charge is 0.481 e. The van der Waals surface area contributed by atoms with Gasteiger partial charge in [-0.25, -0.2) is 9.97 Å². The highest BCUT2D eigenvalue weighted by Gasteiger charge is 2.28. The van der Waals surface area contributed by atoms with Crippen molar-refractivity contribution in [1.82, 2.24) is 9.97 Å². The molecule has 1 aromatic heterocycles. The summed E-state index contributed by atoms with van der Waals surface area (Å²) in [7, 11) is 1.98. The Balaban J connectivity index is 1.97. The average Bonchev–Trinajstić information content (AvgIpc) is 2.39. The second-order valence-electron chi connectivity index (χ2n) is 5.02. The Morgan fingerprint density at radius 1 is 1.28 bits per heavy atom. The van der Waals surface area contributed by atoms with E-state index in [0.29, 0.717) is 6.04 Å². The van der Waals surface area contributed by atoms with Crippen molar-refractivity contribution in [2.45, 2.75) is 38.6 Å². The summed E-state index contributed by atoms with van der Waals surface area (Å²) < 4.78 is 0. The number of aromatic nitrogens is 2. The highest BCUT2D eigenvalue weighted by atomic mass is 16.4. The van der Waals surface area contributed by atoms with E-state index in [9.17, 15) is 4.79 Å². The molecule has 0 amide bonds. The molecule has 2 rings (SSSR count). The van der Waals surface area contributed by atoms with Gasteiger partial charge in [-0.05, 0) is 38.2 Å². The number of carboxylic acids is 1. The van der Waals surface area contributed by atoms with Crippen molar-refractivity contribution in [1.29, 1.82) is 0 Å². The minimum Gasteiger partial charge on any atom is -0.481 e. The van der Waals surface area contributed by atoms with Gasteiger partial charge in [0.25, 0.3) is 0 Å². The summed E-state index contributed by atoms with van der Waals surface area (Å²) in [6.45, 7) is 1.96. The number of carbonyl (C=O) groups is 1. The first kappa shape index (κ1) is 12.8. The van der Waals surface area contributed by atoms with E-state index in [1.54, 1.807) is 0 Å². The van der Waals surface area contributed by atoms with Crippen LogP contribution in [0.4, 0.5) is 5.95 Å². The van der Waals surface area contributed by atoms with Gasteiger partial charge >= 0.3 is 5.97 Å². The molecule has 5 heteroatoms. The minimum atomic E-state index is -0.664. The highest BCUT2D eigenvalue weighted by molar-refractivity contribution is 5.70. The van der Waals surface area contributed by atoms with E-state index >= 15 is 0 Å². The van der Waals surface area contributed by atoms with E-state index in [4.69, 9.17) is 5.11 Å². The van der Waals surface area contributed by atoms with Crippen molar-refractivity contribution >= 4 is 11.9 Å². The molecule has 1 heterocycles. The molecule has 1 aromatic rings. The quantitative estimate of drug-likeness (QED) is 0.885. The predicted octanol–water partition coefficient (Wildman–Crippen LogP) is 1.86. The Morgan fingerprint density at radius 2 is 1.83 bits per heavy atom. The number of aliphatic carboxylic acids is 1. The Bertz CT molecular complexity index is 411. The van der Waals surface area contributed by atoms with Crippen LogP contribution in [0.5, 0.6) is 0 Å². The molecule has 1 fully saturated rings. The van der Waals surface area contributed by atoms with Gasteiger partial charge in [-0.15, -0.1) is 0 Å². The Morgan fingerprint density at radius 3 is 2.33 bits per heavy atom. The first-order valence-electron chi connectivity index (χ1n) is 6.32. The molecule has 1 N–H and O–H groups in total. The fourth-order valence-corrected chi connectivity index (χ4v) is 2.44. The van der Waals surface area contributed by atoms with Gasteiger partial charge in [0.1, 0.15) is 0 Å². The highest BCUT2D eigenvalue weighted by Crippen LogP contribution is 2.28. The number of anilines is 1. The van der Waals surface area contributed by atoms with E-state index in [2.05, 4.69) is 14.9 Å². The van der Waals surface area contributed by atoms with E-state index in [1.807, 2.05) is 26.4 Å². The summed E-state index contributed by atoms with van der Waals surface area (Å²) in [6.07, 6.45) is 6.89. The number of hydrogen-bond acceptors (Lipinski definition) is 4. The molecule has 1 saturated carbocycles. The van der Waals surface area contributed by atoms with Crippen LogP contribution in [0.25, 0.3) is 0 Å². The number of nitrogens with zero attached hydrogens (tertiary/aromatic N) is 3. The van der Waals surface area contributed by atoms with Crippen molar-refractivity contribution in [3.8, 4) is 0 Å². The maximum Gasteiger partial charge on any atom is 0.306 e. The van der Waals surface area contributed by atoms with Gasteiger partial charge in [0.2, 0.25) is 5.95 Å². The van der Waals surface area contributed by atoms with Crippen molar-refractivity contribution in [3.63, 3.8) is 0 Å². The lowest BCUT2D eigenvalue weighted by Crippen LogP contribution is -2.37. The van der Waals surface area contributed by atoms with Crippen LogP contribution in [0.3, 0.4) is 0 Å². The van der Waals surface area contributed by atoms with Gasteiger partial charge in [-0.2, -0.15) is 0 Å². The van der Waals surface area contributed by atoms with E-state index in [1.165, 1.54) is 0 Å². The standard InChI is InChI=1S/C13H19N3O2/c1-9-7-14-13(15-8-9)16(2)11-5-3-10(4-6-11)12(17)18/h7-8,10-11H,3-6H2,1-2H3,(H,17,18). The van der Waals surface area contributed by atoms with Crippen LogP contribution in [-0.2, 0) is 4.79 Å². The van der Waals surface area contributed by atoms with Crippen LogP contribution >= 0.6 is 0 Å².